The molecule has 0 aromatic heterocycles. The van der Waals surface area contributed by atoms with Gasteiger partial charge in [-0.1, -0.05) is 13.8 Å². The third-order valence-electron chi connectivity index (χ3n) is 2.21. The Morgan fingerprint density at radius 1 is 1.31 bits per heavy atom. The van der Waals surface area contributed by atoms with E-state index in [4.69, 9.17) is 9.47 Å². The van der Waals surface area contributed by atoms with Crippen molar-refractivity contribution in [3.63, 3.8) is 0 Å². The van der Waals surface area contributed by atoms with Crippen molar-refractivity contribution in [1.29, 1.82) is 0 Å². The summed E-state index contributed by atoms with van der Waals surface area (Å²) in [6, 6.07) is 0. The van der Waals surface area contributed by atoms with Crippen LogP contribution in [0.5, 0.6) is 0 Å². The standard InChI is InChI=1S/C10H21NO2/c1-9(2)8-11-5-4-10(3)12-6-7-13-10/h9,11H,4-8H2,1-3H3. The Morgan fingerprint density at radius 3 is 2.46 bits per heavy atom. The highest BCUT2D eigenvalue weighted by molar-refractivity contribution is 4.69. The molecule has 1 aliphatic heterocycles. The van der Waals surface area contributed by atoms with Crippen LogP contribution in [-0.2, 0) is 9.47 Å². The zero-order valence-electron chi connectivity index (χ0n) is 8.93. The van der Waals surface area contributed by atoms with Gasteiger partial charge in [-0.15, -0.1) is 0 Å². The van der Waals surface area contributed by atoms with Gasteiger partial charge in [0.25, 0.3) is 0 Å². The van der Waals surface area contributed by atoms with Crippen LogP contribution in [0.1, 0.15) is 27.2 Å². The molecule has 1 N–H and O–H groups in total. The second kappa shape index (κ2) is 4.94. The van der Waals surface area contributed by atoms with E-state index in [-0.39, 0.29) is 5.79 Å². The minimum absolute atomic E-state index is 0.329. The minimum Gasteiger partial charge on any atom is -0.348 e. The van der Waals surface area contributed by atoms with E-state index >= 15 is 0 Å². The summed E-state index contributed by atoms with van der Waals surface area (Å²) in [7, 11) is 0. The lowest BCUT2D eigenvalue weighted by atomic mass is 10.2. The van der Waals surface area contributed by atoms with Gasteiger partial charge in [-0.2, -0.15) is 0 Å². The van der Waals surface area contributed by atoms with Crippen molar-refractivity contribution in [2.24, 2.45) is 5.92 Å². The molecular formula is C10H21NO2. The van der Waals surface area contributed by atoms with Gasteiger partial charge < -0.3 is 14.8 Å². The van der Waals surface area contributed by atoms with Crippen LogP contribution in [0, 0.1) is 5.92 Å². The predicted octanol–water partition coefficient (Wildman–Crippen LogP) is 1.39. The SMILES string of the molecule is CC(C)CNCCC1(C)OCCO1. The van der Waals surface area contributed by atoms with Crippen molar-refractivity contribution in [3.05, 3.63) is 0 Å². The molecule has 3 heteroatoms. The van der Waals surface area contributed by atoms with Crippen molar-refractivity contribution < 1.29 is 9.47 Å². The van der Waals surface area contributed by atoms with Crippen molar-refractivity contribution in [3.8, 4) is 0 Å². The van der Waals surface area contributed by atoms with Crippen LogP contribution in [0.3, 0.4) is 0 Å². The maximum Gasteiger partial charge on any atom is 0.166 e. The molecule has 0 aromatic carbocycles. The third-order valence-corrected chi connectivity index (χ3v) is 2.21. The normalized spacial score (nSPS) is 21.2. The number of ether oxygens (including phenoxy) is 2. The summed E-state index contributed by atoms with van der Waals surface area (Å²) in [4.78, 5) is 0. The first-order valence-electron chi connectivity index (χ1n) is 5.11. The molecule has 13 heavy (non-hydrogen) atoms. The molecule has 1 aliphatic rings. The Hall–Kier alpha value is -0.120. The second-order valence-electron chi connectivity index (χ2n) is 4.18. The van der Waals surface area contributed by atoms with E-state index in [0.717, 1.165) is 32.7 Å². The molecule has 1 rings (SSSR count). The van der Waals surface area contributed by atoms with Crippen LogP contribution in [-0.4, -0.2) is 32.1 Å². The molecule has 1 saturated heterocycles. The van der Waals surface area contributed by atoms with Gasteiger partial charge in [0, 0.05) is 13.0 Å². The van der Waals surface area contributed by atoms with E-state index in [0.29, 0.717) is 5.92 Å². The van der Waals surface area contributed by atoms with Crippen molar-refractivity contribution >= 4 is 0 Å². The zero-order chi connectivity index (χ0) is 9.73. The van der Waals surface area contributed by atoms with Crippen molar-refractivity contribution in [2.45, 2.75) is 33.0 Å². The quantitative estimate of drug-likeness (QED) is 0.660. The lowest BCUT2D eigenvalue weighted by molar-refractivity contribution is -0.145. The molecule has 1 heterocycles. The van der Waals surface area contributed by atoms with Crippen LogP contribution in [0.25, 0.3) is 0 Å². The summed E-state index contributed by atoms with van der Waals surface area (Å²) >= 11 is 0. The maximum atomic E-state index is 5.49. The monoisotopic (exact) mass is 187 g/mol. The molecule has 0 atom stereocenters. The number of hydrogen-bond acceptors (Lipinski definition) is 3. The van der Waals surface area contributed by atoms with E-state index in [1.54, 1.807) is 0 Å². The van der Waals surface area contributed by atoms with Gasteiger partial charge in [-0.3, -0.25) is 0 Å². The molecule has 0 unspecified atom stereocenters. The van der Waals surface area contributed by atoms with Crippen LogP contribution in [0.4, 0.5) is 0 Å². The van der Waals surface area contributed by atoms with Gasteiger partial charge in [-0.25, -0.2) is 0 Å². The summed E-state index contributed by atoms with van der Waals surface area (Å²) < 4.78 is 11.0. The summed E-state index contributed by atoms with van der Waals surface area (Å²) in [5.41, 5.74) is 0. The Bertz CT molecular complexity index is 142. The number of nitrogens with one attached hydrogen (secondary N) is 1. The van der Waals surface area contributed by atoms with E-state index in [1.807, 2.05) is 6.92 Å². The molecule has 0 radical (unpaired) electrons. The molecule has 0 spiro atoms. The molecular weight excluding hydrogens is 166 g/mol. The average Bonchev–Trinajstić information content (AvgIpc) is 2.47. The molecule has 0 aromatic rings. The fraction of sp³-hybridized carbons (Fsp3) is 1.00. The topological polar surface area (TPSA) is 30.5 Å². The van der Waals surface area contributed by atoms with Gasteiger partial charge in [0.05, 0.1) is 13.2 Å². The van der Waals surface area contributed by atoms with Gasteiger partial charge >= 0.3 is 0 Å². The highest BCUT2D eigenvalue weighted by atomic mass is 16.7. The molecule has 78 valence electrons. The van der Waals surface area contributed by atoms with Gasteiger partial charge in [0.2, 0.25) is 0 Å². The van der Waals surface area contributed by atoms with Gasteiger partial charge in [0.1, 0.15) is 0 Å². The van der Waals surface area contributed by atoms with Crippen molar-refractivity contribution in [2.75, 3.05) is 26.3 Å². The fourth-order valence-corrected chi connectivity index (χ4v) is 1.41. The fourth-order valence-electron chi connectivity index (χ4n) is 1.41. The maximum absolute atomic E-state index is 5.49. The van der Waals surface area contributed by atoms with E-state index in [9.17, 15) is 0 Å². The summed E-state index contributed by atoms with van der Waals surface area (Å²) in [6.07, 6.45) is 0.930. The molecule has 0 aliphatic carbocycles. The zero-order valence-corrected chi connectivity index (χ0v) is 8.93. The molecule has 0 bridgehead atoms. The van der Waals surface area contributed by atoms with Crippen LogP contribution in [0.15, 0.2) is 0 Å². The van der Waals surface area contributed by atoms with Crippen molar-refractivity contribution in [1.82, 2.24) is 5.32 Å². The number of hydrogen-bond donors (Lipinski definition) is 1. The molecule has 1 fully saturated rings. The summed E-state index contributed by atoms with van der Waals surface area (Å²) in [5, 5.41) is 3.38. The Labute approximate surface area is 80.8 Å². The second-order valence-corrected chi connectivity index (χ2v) is 4.18. The third kappa shape index (κ3) is 4.07. The van der Waals surface area contributed by atoms with Crippen LogP contribution < -0.4 is 5.32 Å². The summed E-state index contributed by atoms with van der Waals surface area (Å²) in [5.74, 6) is 0.377. The minimum atomic E-state index is -0.329. The molecule has 0 amide bonds. The molecule has 3 nitrogen and oxygen atoms in total. The summed E-state index contributed by atoms with van der Waals surface area (Å²) in [6.45, 7) is 9.93. The first-order valence-corrected chi connectivity index (χ1v) is 5.11. The van der Waals surface area contributed by atoms with E-state index < -0.39 is 0 Å². The smallest absolute Gasteiger partial charge is 0.166 e. The highest BCUT2D eigenvalue weighted by Crippen LogP contribution is 2.21. The molecule has 0 saturated carbocycles. The van der Waals surface area contributed by atoms with Crippen LogP contribution >= 0.6 is 0 Å². The van der Waals surface area contributed by atoms with Gasteiger partial charge in [0.15, 0.2) is 5.79 Å². The van der Waals surface area contributed by atoms with E-state index in [1.165, 1.54) is 0 Å². The Morgan fingerprint density at radius 2 is 1.92 bits per heavy atom. The van der Waals surface area contributed by atoms with Crippen LogP contribution in [0.2, 0.25) is 0 Å². The Balaban J connectivity index is 2.04. The largest absolute Gasteiger partial charge is 0.348 e. The highest BCUT2D eigenvalue weighted by Gasteiger charge is 2.29. The lowest BCUT2D eigenvalue weighted by Gasteiger charge is -2.22. The Kier molecular flexibility index (Phi) is 4.16. The average molecular weight is 187 g/mol. The number of rotatable bonds is 5. The van der Waals surface area contributed by atoms with Gasteiger partial charge in [-0.05, 0) is 19.4 Å². The van der Waals surface area contributed by atoms with E-state index in [2.05, 4.69) is 19.2 Å². The first-order chi connectivity index (χ1) is 6.12. The first kappa shape index (κ1) is 11.0. The lowest BCUT2D eigenvalue weighted by Crippen LogP contribution is -2.32. The predicted molar refractivity (Wildman–Crippen MR) is 52.6 cm³/mol.